The number of carboxylic acids is 1. The molecule has 0 aromatic heterocycles. The predicted molar refractivity (Wildman–Crippen MR) is 70.2 cm³/mol. The van der Waals surface area contributed by atoms with Gasteiger partial charge in [-0.25, -0.2) is 4.79 Å². The fraction of sp³-hybridized carbons (Fsp3) is 0.833. The lowest BCUT2D eigenvalue weighted by molar-refractivity contribution is -0.137. The van der Waals surface area contributed by atoms with Crippen LogP contribution in [-0.2, 0) is 14.3 Å². The fourth-order valence-corrected chi connectivity index (χ4v) is 1.51. The summed E-state index contributed by atoms with van der Waals surface area (Å²) in [6.45, 7) is 2.60. The maximum atomic E-state index is 11.5. The van der Waals surface area contributed by atoms with Crippen molar-refractivity contribution in [3.63, 3.8) is 0 Å². The van der Waals surface area contributed by atoms with Crippen LogP contribution in [0.4, 0.5) is 4.79 Å². The van der Waals surface area contributed by atoms with E-state index in [1.54, 1.807) is 14.2 Å². The molecule has 7 heteroatoms. The minimum atomic E-state index is -0.820. The second-order valence-corrected chi connectivity index (χ2v) is 4.35. The first-order valence-corrected chi connectivity index (χ1v) is 6.27. The van der Waals surface area contributed by atoms with Crippen molar-refractivity contribution in [3.05, 3.63) is 0 Å². The quantitative estimate of drug-likeness (QED) is 0.542. The highest BCUT2D eigenvalue weighted by atomic mass is 16.5. The summed E-state index contributed by atoms with van der Waals surface area (Å²) in [7, 11) is 3.12. The molecule has 0 aliphatic carbocycles. The number of ether oxygens (including phenoxy) is 2. The third-order valence-corrected chi connectivity index (χ3v) is 2.58. The SMILES string of the molecule is COCC(CNC(=O)NC(C)CCCC(=O)O)OC. The van der Waals surface area contributed by atoms with Gasteiger partial charge in [0.2, 0.25) is 0 Å². The van der Waals surface area contributed by atoms with Gasteiger partial charge in [-0.05, 0) is 19.8 Å². The van der Waals surface area contributed by atoms with Crippen molar-refractivity contribution < 1.29 is 24.2 Å². The van der Waals surface area contributed by atoms with Crippen molar-refractivity contribution in [1.29, 1.82) is 0 Å². The van der Waals surface area contributed by atoms with Gasteiger partial charge in [-0.2, -0.15) is 0 Å². The monoisotopic (exact) mass is 276 g/mol. The number of carboxylic acid groups (broad SMARTS) is 1. The molecule has 0 bridgehead atoms. The summed E-state index contributed by atoms with van der Waals surface area (Å²) in [6.07, 6.45) is 1.11. The normalized spacial score (nSPS) is 13.6. The van der Waals surface area contributed by atoms with Crippen LogP contribution in [0.3, 0.4) is 0 Å². The molecule has 0 fully saturated rings. The topological polar surface area (TPSA) is 96.9 Å². The molecule has 0 saturated carbocycles. The Balaban J connectivity index is 3.74. The summed E-state index contributed by atoms with van der Waals surface area (Å²) in [5.74, 6) is -0.820. The van der Waals surface area contributed by atoms with Crippen molar-refractivity contribution in [3.8, 4) is 0 Å². The predicted octanol–water partition coefficient (Wildman–Crippen LogP) is 0.590. The Morgan fingerprint density at radius 1 is 1.32 bits per heavy atom. The van der Waals surface area contributed by atoms with E-state index in [2.05, 4.69) is 10.6 Å². The number of methoxy groups -OCH3 is 2. The Bertz CT molecular complexity index is 273. The molecule has 0 saturated heterocycles. The van der Waals surface area contributed by atoms with Gasteiger partial charge in [0.1, 0.15) is 0 Å². The molecule has 7 nitrogen and oxygen atoms in total. The number of hydrogen-bond donors (Lipinski definition) is 3. The van der Waals surface area contributed by atoms with E-state index >= 15 is 0 Å². The van der Waals surface area contributed by atoms with Crippen molar-refractivity contribution in [2.75, 3.05) is 27.4 Å². The van der Waals surface area contributed by atoms with Crippen LogP contribution >= 0.6 is 0 Å². The third kappa shape index (κ3) is 10.3. The van der Waals surface area contributed by atoms with Gasteiger partial charge in [-0.15, -0.1) is 0 Å². The largest absolute Gasteiger partial charge is 0.481 e. The average Bonchev–Trinajstić information content (AvgIpc) is 2.33. The Morgan fingerprint density at radius 3 is 2.53 bits per heavy atom. The second-order valence-electron chi connectivity index (χ2n) is 4.35. The lowest BCUT2D eigenvalue weighted by Gasteiger charge is -2.17. The van der Waals surface area contributed by atoms with Gasteiger partial charge in [0.05, 0.1) is 12.7 Å². The van der Waals surface area contributed by atoms with Gasteiger partial charge in [-0.3, -0.25) is 4.79 Å². The van der Waals surface area contributed by atoms with Gasteiger partial charge < -0.3 is 25.2 Å². The molecule has 0 aliphatic heterocycles. The molecule has 0 aromatic rings. The van der Waals surface area contributed by atoms with Crippen molar-refractivity contribution >= 4 is 12.0 Å². The van der Waals surface area contributed by atoms with Crippen LogP contribution < -0.4 is 10.6 Å². The molecule has 3 N–H and O–H groups in total. The Morgan fingerprint density at radius 2 is 2.00 bits per heavy atom. The van der Waals surface area contributed by atoms with Crippen LogP contribution in [0.15, 0.2) is 0 Å². The molecule has 0 aromatic carbocycles. The summed E-state index contributed by atoms with van der Waals surface area (Å²) in [4.78, 5) is 21.9. The number of aliphatic carboxylic acids is 1. The number of carbonyl (C=O) groups is 2. The minimum Gasteiger partial charge on any atom is -0.481 e. The number of amides is 2. The first kappa shape index (κ1) is 17.7. The fourth-order valence-electron chi connectivity index (χ4n) is 1.51. The molecule has 0 heterocycles. The molecule has 112 valence electrons. The standard InChI is InChI=1S/C12H24N2O5/c1-9(5-4-6-11(15)16)14-12(17)13-7-10(19-3)8-18-2/h9-10H,4-8H2,1-3H3,(H,15,16)(H2,13,14,17). The Hall–Kier alpha value is -1.34. The van der Waals surface area contributed by atoms with Gasteiger partial charge >= 0.3 is 12.0 Å². The highest BCUT2D eigenvalue weighted by Gasteiger charge is 2.11. The highest BCUT2D eigenvalue weighted by molar-refractivity contribution is 5.74. The maximum absolute atomic E-state index is 11.5. The van der Waals surface area contributed by atoms with Crippen LogP contribution in [0, 0.1) is 0 Å². The van der Waals surface area contributed by atoms with Gasteiger partial charge in [-0.1, -0.05) is 0 Å². The number of urea groups is 1. The molecule has 2 atom stereocenters. The summed E-state index contributed by atoms with van der Waals surface area (Å²) in [6, 6.07) is -0.358. The second kappa shape index (κ2) is 10.6. The van der Waals surface area contributed by atoms with E-state index in [1.807, 2.05) is 6.92 Å². The van der Waals surface area contributed by atoms with E-state index in [-0.39, 0.29) is 24.6 Å². The maximum Gasteiger partial charge on any atom is 0.315 e. The number of carbonyl (C=O) groups excluding carboxylic acids is 1. The molecule has 2 amide bonds. The Kier molecular flexibility index (Phi) is 9.82. The lowest BCUT2D eigenvalue weighted by Crippen LogP contribution is -2.44. The smallest absolute Gasteiger partial charge is 0.315 e. The lowest BCUT2D eigenvalue weighted by atomic mass is 10.1. The first-order chi connectivity index (χ1) is 8.99. The van der Waals surface area contributed by atoms with E-state index in [1.165, 1.54) is 0 Å². The van der Waals surface area contributed by atoms with E-state index in [0.29, 0.717) is 26.0 Å². The number of hydrogen-bond acceptors (Lipinski definition) is 4. The van der Waals surface area contributed by atoms with Crippen LogP contribution in [0.2, 0.25) is 0 Å². The van der Waals surface area contributed by atoms with Crippen LogP contribution in [0.25, 0.3) is 0 Å². The van der Waals surface area contributed by atoms with Gasteiger partial charge in [0, 0.05) is 33.2 Å². The molecular formula is C12H24N2O5. The summed E-state index contributed by atoms with van der Waals surface area (Å²) in [5, 5.41) is 13.9. The van der Waals surface area contributed by atoms with Gasteiger partial charge in [0.15, 0.2) is 0 Å². The number of rotatable bonds is 10. The molecule has 2 unspecified atom stereocenters. The van der Waals surface area contributed by atoms with Crippen LogP contribution in [0.1, 0.15) is 26.2 Å². The summed E-state index contributed by atoms with van der Waals surface area (Å²) in [5.41, 5.74) is 0. The first-order valence-electron chi connectivity index (χ1n) is 6.27. The number of nitrogens with one attached hydrogen (secondary N) is 2. The molecular weight excluding hydrogens is 252 g/mol. The zero-order valence-corrected chi connectivity index (χ0v) is 11.8. The van der Waals surface area contributed by atoms with E-state index in [4.69, 9.17) is 14.6 Å². The van der Waals surface area contributed by atoms with E-state index < -0.39 is 5.97 Å². The summed E-state index contributed by atoms with van der Waals surface area (Å²) < 4.78 is 10.0. The molecule has 0 spiro atoms. The summed E-state index contributed by atoms with van der Waals surface area (Å²) >= 11 is 0. The average molecular weight is 276 g/mol. The van der Waals surface area contributed by atoms with E-state index in [9.17, 15) is 9.59 Å². The van der Waals surface area contributed by atoms with Crippen molar-refractivity contribution in [2.45, 2.75) is 38.3 Å². The molecule has 19 heavy (non-hydrogen) atoms. The Labute approximate surface area is 113 Å². The zero-order chi connectivity index (χ0) is 14.7. The molecule has 0 rings (SSSR count). The van der Waals surface area contributed by atoms with Crippen molar-refractivity contribution in [2.24, 2.45) is 0 Å². The van der Waals surface area contributed by atoms with Crippen LogP contribution in [-0.4, -0.2) is 56.6 Å². The third-order valence-electron chi connectivity index (χ3n) is 2.58. The minimum absolute atomic E-state index is 0.0669. The highest BCUT2D eigenvalue weighted by Crippen LogP contribution is 2.00. The molecule has 0 radical (unpaired) electrons. The molecule has 0 aliphatic rings. The van der Waals surface area contributed by atoms with E-state index in [0.717, 1.165) is 0 Å². The zero-order valence-electron chi connectivity index (χ0n) is 11.8. The van der Waals surface area contributed by atoms with Crippen molar-refractivity contribution in [1.82, 2.24) is 10.6 Å². The van der Waals surface area contributed by atoms with Gasteiger partial charge in [0.25, 0.3) is 0 Å². The van der Waals surface area contributed by atoms with Crippen LogP contribution in [0.5, 0.6) is 0 Å².